The van der Waals surface area contributed by atoms with Gasteiger partial charge in [-0.25, -0.2) is 5.01 Å². The molecule has 0 atom stereocenters. The number of nitrogens with zero attached hydrogens (tertiary/aromatic N) is 3. The van der Waals surface area contributed by atoms with Crippen molar-refractivity contribution in [2.75, 3.05) is 5.01 Å². The van der Waals surface area contributed by atoms with Gasteiger partial charge in [-0.1, -0.05) is 55.5 Å². The Morgan fingerprint density at radius 3 is 1.90 bits per heavy atom. The van der Waals surface area contributed by atoms with E-state index in [4.69, 9.17) is 5.10 Å². The second-order valence-corrected chi connectivity index (χ2v) is 7.41. The molecule has 4 rings (SSSR count). The first kappa shape index (κ1) is 19.7. The van der Waals surface area contributed by atoms with Gasteiger partial charge in [-0.15, -0.1) is 0 Å². The number of para-hydroxylation sites is 2. The van der Waals surface area contributed by atoms with E-state index >= 15 is 0 Å². The van der Waals surface area contributed by atoms with Crippen LogP contribution in [0, 0.1) is 13.8 Å². The highest BCUT2D eigenvalue weighted by Crippen LogP contribution is 2.26. The van der Waals surface area contributed by atoms with Crippen LogP contribution in [0.1, 0.15) is 29.4 Å². The van der Waals surface area contributed by atoms with Crippen LogP contribution in [0.15, 0.2) is 96.1 Å². The molecule has 1 heterocycles. The van der Waals surface area contributed by atoms with E-state index in [0.717, 1.165) is 23.4 Å². The molecule has 0 amide bonds. The molecule has 3 heteroatoms. The fourth-order valence-corrected chi connectivity index (χ4v) is 3.74. The monoisotopic (exact) mass is 393 g/mol. The van der Waals surface area contributed by atoms with E-state index in [1.165, 1.54) is 22.6 Å². The van der Waals surface area contributed by atoms with Crippen molar-refractivity contribution in [3.63, 3.8) is 0 Å². The van der Waals surface area contributed by atoms with Crippen LogP contribution in [0.25, 0.3) is 5.69 Å². The maximum atomic E-state index is 4.87. The van der Waals surface area contributed by atoms with Gasteiger partial charge in [0.2, 0.25) is 0 Å². The van der Waals surface area contributed by atoms with Gasteiger partial charge < -0.3 is 4.57 Å². The quantitative estimate of drug-likeness (QED) is 0.260. The Labute approximate surface area is 178 Å². The number of aryl methyl sites for hydroxylation is 2. The summed E-state index contributed by atoms with van der Waals surface area (Å²) in [5, 5.41) is 6.84. The second-order valence-electron chi connectivity index (χ2n) is 7.41. The van der Waals surface area contributed by atoms with E-state index < -0.39 is 0 Å². The van der Waals surface area contributed by atoms with E-state index in [9.17, 15) is 0 Å². The van der Waals surface area contributed by atoms with Gasteiger partial charge in [-0.05, 0) is 68.3 Å². The van der Waals surface area contributed by atoms with E-state index in [2.05, 4.69) is 79.9 Å². The first-order valence-electron chi connectivity index (χ1n) is 10.4. The third-order valence-corrected chi connectivity index (χ3v) is 5.39. The summed E-state index contributed by atoms with van der Waals surface area (Å²) in [5.41, 5.74) is 8.09. The van der Waals surface area contributed by atoms with Crippen molar-refractivity contribution in [3.8, 4) is 5.69 Å². The first-order valence-corrected chi connectivity index (χ1v) is 10.4. The average Bonchev–Trinajstić information content (AvgIpc) is 3.08. The summed E-state index contributed by atoms with van der Waals surface area (Å²) in [7, 11) is 0. The Bertz CT molecular complexity index is 1080. The average molecular weight is 394 g/mol. The molecule has 0 saturated heterocycles. The third-order valence-electron chi connectivity index (χ3n) is 5.39. The molecule has 0 radical (unpaired) electrons. The Morgan fingerprint density at radius 1 is 0.800 bits per heavy atom. The summed E-state index contributed by atoms with van der Waals surface area (Å²) in [6.07, 6.45) is 3.01. The maximum absolute atomic E-state index is 4.87. The summed E-state index contributed by atoms with van der Waals surface area (Å²) in [4.78, 5) is 0. The number of hydrazone groups is 1. The van der Waals surface area contributed by atoms with Crippen molar-refractivity contribution < 1.29 is 0 Å². The molecule has 0 fully saturated rings. The molecule has 3 nitrogen and oxygen atoms in total. The number of rotatable bonds is 6. The highest BCUT2D eigenvalue weighted by atomic mass is 15.5. The van der Waals surface area contributed by atoms with Crippen LogP contribution < -0.4 is 5.01 Å². The van der Waals surface area contributed by atoms with Gasteiger partial charge in [-0.3, -0.25) is 0 Å². The van der Waals surface area contributed by atoms with Gasteiger partial charge in [-0.2, -0.15) is 5.10 Å². The lowest BCUT2D eigenvalue weighted by Gasteiger charge is -2.19. The summed E-state index contributed by atoms with van der Waals surface area (Å²) in [6, 6.07) is 31.5. The molecule has 0 spiro atoms. The van der Waals surface area contributed by atoms with Gasteiger partial charge in [0.25, 0.3) is 0 Å². The van der Waals surface area contributed by atoms with E-state index in [1.54, 1.807) is 0 Å². The second kappa shape index (κ2) is 8.83. The molecule has 0 aliphatic carbocycles. The standard InChI is InChI=1S/C27H27N3/c1-4-23-15-17-25(18-16-23)29-21(2)19-24(22(29)3)20-28-30(26-11-7-5-8-12-26)27-13-9-6-10-14-27/h5-20H,4H2,1-3H3/b28-20-. The summed E-state index contributed by atoms with van der Waals surface area (Å²) in [6.45, 7) is 6.47. The van der Waals surface area contributed by atoms with Crippen LogP contribution >= 0.6 is 0 Å². The number of hydrogen-bond acceptors (Lipinski definition) is 2. The predicted molar refractivity (Wildman–Crippen MR) is 127 cm³/mol. The molecule has 0 aliphatic rings. The van der Waals surface area contributed by atoms with Crippen LogP contribution in [0.4, 0.5) is 11.4 Å². The minimum atomic E-state index is 1.03. The molecule has 1 aromatic heterocycles. The Hall–Kier alpha value is -3.59. The SMILES string of the molecule is CCc1ccc(-n2c(C)cc(/C=N\N(c3ccccc3)c3ccccc3)c2C)cc1. The summed E-state index contributed by atoms with van der Waals surface area (Å²) < 4.78 is 2.29. The Morgan fingerprint density at radius 2 is 1.37 bits per heavy atom. The zero-order valence-electron chi connectivity index (χ0n) is 17.8. The van der Waals surface area contributed by atoms with E-state index in [-0.39, 0.29) is 0 Å². The van der Waals surface area contributed by atoms with Crippen LogP contribution in [0.5, 0.6) is 0 Å². The molecule has 0 unspecified atom stereocenters. The molecule has 0 saturated carbocycles. The minimum Gasteiger partial charge on any atom is -0.318 e. The Balaban J connectivity index is 1.70. The number of hydrogen-bond donors (Lipinski definition) is 0. The molecule has 150 valence electrons. The smallest absolute Gasteiger partial charge is 0.0652 e. The van der Waals surface area contributed by atoms with Crippen LogP contribution in [0.2, 0.25) is 0 Å². The van der Waals surface area contributed by atoms with Crippen LogP contribution in [-0.2, 0) is 6.42 Å². The minimum absolute atomic E-state index is 1.03. The van der Waals surface area contributed by atoms with Crippen molar-refractivity contribution in [2.24, 2.45) is 5.10 Å². The van der Waals surface area contributed by atoms with Gasteiger partial charge in [0.1, 0.15) is 0 Å². The number of benzene rings is 3. The molecular formula is C27H27N3. The molecule has 30 heavy (non-hydrogen) atoms. The van der Waals surface area contributed by atoms with Gasteiger partial charge in [0.05, 0.1) is 17.6 Å². The topological polar surface area (TPSA) is 20.5 Å². The molecule has 3 aromatic carbocycles. The zero-order valence-corrected chi connectivity index (χ0v) is 17.8. The van der Waals surface area contributed by atoms with E-state index in [1.807, 2.05) is 47.6 Å². The summed E-state index contributed by atoms with van der Waals surface area (Å²) in [5.74, 6) is 0. The molecular weight excluding hydrogens is 366 g/mol. The van der Waals surface area contributed by atoms with Crippen LogP contribution in [0.3, 0.4) is 0 Å². The molecule has 0 bridgehead atoms. The van der Waals surface area contributed by atoms with Crippen molar-refractivity contribution in [3.05, 3.63) is 114 Å². The van der Waals surface area contributed by atoms with Crippen molar-refractivity contribution in [1.82, 2.24) is 4.57 Å². The lowest BCUT2D eigenvalue weighted by molar-refractivity contribution is 0.961. The van der Waals surface area contributed by atoms with E-state index in [0.29, 0.717) is 0 Å². The van der Waals surface area contributed by atoms with Gasteiger partial charge in [0.15, 0.2) is 0 Å². The summed E-state index contributed by atoms with van der Waals surface area (Å²) >= 11 is 0. The largest absolute Gasteiger partial charge is 0.318 e. The zero-order chi connectivity index (χ0) is 20.9. The fraction of sp³-hybridized carbons (Fsp3) is 0.148. The van der Waals surface area contributed by atoms with Crippen molar-refractivity contribution in [1.29, 1.82) is 0 Å². The third kappa shape index (κ3) is 4.06. The number of anilines is 2. The highest BCUT2D eigenvalue weighted by molar-refractivity contribution is 5.84. The van der Waals surface area contributed by atoms with Gasteiger partial charge in [0, 0.05) is 22.6 Å². The molecule has 0 N–H and O–H groups in total. The van der Waals surface area contributed by atoms with Gasteiger partial charge >= 0.3 is 0 Å². The normalized spacial score (nSPS) is 11.2. The molecule has 4 aromatic rings. The van der Waals surface area contributed by atoms with Crippen molar-refractivity contribution in [2.45, 2.75) is 27.2 Å². The predicted octanol–water partition coefficient (Wildman–Crippen LogP) is 6.83. The Kier molecular flexibility index (Phi) is 5.80. The lowest BCUT2D eigenvalue weighted by Crippen LogP contribution is -2.09. The number of aromatic nitrogens is 1. The molecule has 0 aliphatic heterocycles. The fourth-order valence-electron chi connectivity index (χ4n) is 3.74. The lowest BCUT2D eigenvalue weighted by atomic mass is 10.1. The first-order chi connectivity index (χ1) is 14.7. The highest BCUT2D eigenvalue weighted by Gasteiger charge is 2.11. The van der Waals surface area contributed by atoms with Crippen molar-refractivity contribution >= 4 is 17.6 Å². The maximum Gasteiger partial charge on any atom is 0.0652 e. The van der Waals surface area contributed by atoms with Crippen LogP contribution in [-0.4, -0.2) is 10.8 Å².